The quantitative estimate of drug-likeness (QED) is 0.270. The van der Waals surface area contributed by atoms with Gasteiger partial charge in [0, 0.05) is 30.4 Å². The van der Waals surface area contributed by atoms with Crippen molar-refractivity contribution in [2.24, 2.45) is 5.41 Å². The molecule has 0 amide bonds. The highest BCUT2D eigenvalue weighted by Gasteiger charge is 2.35. The molecule has 5 rings (SSSR count). The van der Waals surface area contributed by atoms with E-state index in [0.29, 0.717) is 5.56 Å². The number of aliphatic carboxylic acids is 1. The van der Waals surface area contributed by atoms with E-state index in [1.165, 1.54) is 12.1 Å². The van der Waals surface area contributed by atoms with E-state index in [0.717, 1.165) is 65.3 Å². The summed E-state index contributed by atoms with van der Waals surface area (Å²) in [6.07, 6.45) is 2.85. The number of aromatic nitrogens is 2. The Kier molecular flexibility index (Phi) is 7.21. The van der Waals surface area contributed by atoms with Crippen LogP contribution >= 0.6 is 0 Å². The summed E-state index contributed by atoms with van der Waals surface area (Å²) in [6.45, 7) is 13.7. The molecule has 1 saturated heterocycles. The average molecular weight is 544 g/mol. The maximum Gasteiger partial charge on any atom is 0.337 e. The van der Waals surface area contributed by atoms with E-state index in [-0.39, 0.29) is 11.2 Å². The molecule has 1 fully saturated rings. The van der Waals surface area contributed by atoms with Gasteiger partial charge in [0.25, 0.3) is 0 Å². The van der Waals surface area contributed by atoms with Crippen molar-refractivity contribution in [3.05, 3.63) is 77.7 Å². The van der Waals surface area contributed by atoms with Gasteiger partial charge >= 0.3 is 5.97 Å². The lowest BCUT2D eigenvalue weighted by Gasteiger charge is -2.40. The number of imidazole rings is 1. The second kappa shape index (κ2) is 10.4. The van der Waals surface area contributed by atoms with Crippen LogP contribution in [0.15, 0.2) is 60.8 Å². The Balaban J connectivity index is 1.68. The summed E-state index contributed by atoms with van der Waals surface area (Å²) >= 11 is 0. The van der Waals surface area contributed by atoms with Crippen molar-refractivity contribution in [1.82, 2.24) is 9.38 Å². The molecular formula is C33H38FN3O3. The summed E-state index contributed by atoms with van der Waals surface area (Å²) in [6, 6.07) is 16.4. The number of piperidine rings is 1. The number of nitrogens with zero attached hydrogens (tertiary/aromatic N) is 3. The van der Waals surface area contributed by atoms with Crippen molar-refractivity contribution < 1.29 is 19.0 Å². The number of anilines is 1. The Hall–Kier alpha value is -3.71. The number of carboxylic acids is 1. The molecule has 0 bridgehead atoms. The Labute approximate surface area is 235 Å². The van der Waals surface area contributed by atoms with Crippen molar-refractivity contribution >= 4 is 17.4 Å². The second-order valence-electron chi connectivity index (χ2n) is 12.6. The van der Waals surface area contributed by atoms with Crippen LogP contribution in [0.3, 0.4) is 0 Å². The van der Waals surface area contributed by atoms with E-state index >= 15 is 0 Å². The van der Waals surface area contributed by atoms with E-state index in [1.807, 2.05) is 74.7 Å². The van der Waals surface area contributed by atoms with Crippen molar-refractivity contribution in [2.45, 2.75) is 66.1 Å². The molecule has 1 aliphatic rings. The first-order valence-corrected chi connectivity index (χ1v) is 13.9. The standard InChI is InChI=1S/C33H38FN3O3/c1-21-17-27-35-26(24-11-7-9-22(18-24)23-10-8-12-25(34)19-23)20-37(27)30(36-15-13-33(5,6)14-16-36)28(21)29(31(38)39)40-32(2,3)4/h7-12,17-20,29H,13-16H2,1-6H3,(H,38,39)/t29-/m0/s1. The van der Waals surface area contributed by atoms with Crippen LogP contribution < -0.4 is 4.90 Å². The number of benzene rings is 2. The summed E-state index contributed by atoms with van der Waals surface area (Å²) < 4.78 is 22.1. The minimum Gasteiger partial charge on any atom is -0.479 e. The van der Waals surface area contributed by atoms with Crippen LogP contribution in [0.1, 0.15) is 64.7 Å². The Morgan fingerprint density at radius 1 is 1.02 bits per heavy atom. The van der Waals surface area contributed by atoms with Gasteiger partial charge in [0.2, 0.25) is 0 Å². The van der Waals surface area contributed by atoms with E-state index in [2.05, 4.69) is 18.7 Å². The van der Waals surface area contributed by atoms with Gasteiger partial charge in [0.05, 0.1) is 11.3 Å². The van der Waals surface area contributed by atoms with Crippen LogP contribution in [0.5, 0.6) is 0 Å². The maximum absolute atomic E-state index is 13.9. The smallest absolute Gasteiger partial charge is 0.337 e. The first kappa shape index (κ1) is 27.8. The van der Waals surface area contributed by atoms with Gasteiger partial charge in [-0.15, -0.1) is 0 Å². The summed E-state index contributed by atoms with van der Waals surface area (Å²) in [5.74, 6) is -0.472. The van der Waals surface area contributed by atoms with E-state index in [1.54, 1.807) is 6.07 Å². The maximum atomic E-state index is 13.9. The average Bonchev–Trinajstić information content (AvgIpc) is 3.30. The molecule has 210 valence electrons. The zero-order chi connectivity index (χ0) is 28.8. The van der Waals surface area contributed by atoms with E-state index in [9.17, 15) is 14.3 Å². The number of pyridine rings is 1. The topological polar surface area (TPSA) is 67.1 Å². The fraction of sp³-hybridized carbons (Fsp3) is 0.394. The summed E-state index contributed by atoms with van der Waals surface area (Å²) in [5, 5.41) is 10.3. The van der Waals surface area contributed by atoms with Crippen LogP contribution in [-0.2, 0) is 9.53 Å². The first-order chi connectivity index (χ1) is 18.8. The highest BCUT2D eigenvalue weighted by molar-refractivity contribution is 5.80. The first-order valence-electron chi connectivity index (χ1n) is 13.9. The normalized spacial score (nSPS) is 16.3. The molecule has 0 radical (unpaired) electrons. The Bertz CT molecular complexity index is 1560. The van der Waals surface area contributed by atoms with E-state index < -0.39 is 17.7 Å². The fourth-order valence-corrected chi connectivity index (χ4v) is 5.47. The molecule has 40 heavy (non-hydrogen) atoms. The van der Waals surface area contributed by atoms with Gasteiger partial charge in [-0.2, -0.15) is 0 Å². The molecule has 0 aliphatic carbocycles. The highest BCUT2D eigenvalue weighted by atomic mass is 19.1. The number of halogens is 1. The predicted molar refractivity (Wildman–Crippen MR) is 157 cm³/mol. The molecule has 0 saturated carbocycles. The van der Waals surface area contributed by atoms with Crippen LogP contribution in [-0.4, -0.2) is 39.2 Å². The van der Waals surface area contributed by atoms with Crippen molar-refractivity contribution in [1.29, 1.82) is 0 Å². The molecular weight excluding hydrogens is 505 g/mol. The molecule has 2 aromatic heterocycles. The summed E-state index contributed by atoms with van der Waals surface area (Å²) in [7, 11) is 0. The molecule has 0 spiro atoms. The molecule has 3 heterocycles. The largest absolute Gasteiger partial charge is 0.479 e. The fourth-order valence-electron chi connectivity index (χ4n) is 5.47. The third-order valence-corrected chi connectivity index (χ3v) is 7.66. The molecule has 6 nitrogen and oxygen atoms in total. The summed E-state index contributed by atoms with van der Waals surface area (Å²) in [5.41, 5.74) is 5.16. The van der Waals surface area contributed by atoms with Crippen molar-refractivity contribution in [3.8, 4) is 22.4 Å². The van der Waals surface area contributed by atoms with Gasteiger partial charge in [-0.3, -0.25) is 4.40 Å². The van der Waals surface area contributed by atoms with Gasteiger partial charge in [-0.1, -0.05) is 44.2 Å². The van der Waals surface area contributed by atoms with Crippen molar-refractivity contribution in [3.63, 3.8) is 0 Å². The Morgan fingerprint density at radius 3 is 2.27 bits per heavy atom. The molecule has 4 aromatic rings. The number of hydrogen-bond donors (Lipinski definition) is 1. The number of rotatable bonds is 6. The number of carboxylic acid groups (broad SMARTS) is 1. The van der Waals surface area contributed by atoms with Crippen LogP contribution in [0, 0.1) is 18.2 Å². The molecule has 1 N–H and O–H groups in total. The van der Waals surface area contributed by atoms with Gasteiger partial charge in [-0.05, 0) is 86.9 Å². The molecule has 0 unspecified atom stereocenters. The number of aryl methyl sites for hydroxylation is 1. The van der Waals surface area contributed by atoms with E-state index in [4.69, 9.17) is 9.72 Å². The number of fused-ring (bicyclic) bond motifs is 1. The second-order valence-corrected chi connectivity index (χ2v) is 12.6. The van der Waals surface area contributed by atoms with Crippen LogP contribution in [0.25, 0.3) is 28.0 Å². The van der Waals surface area contributed by atoms with Gasteiger partial charge in [0.15, 0.2) is 6.10 Å². The van der Waals surface area contributed by atoms with Gasteiger partial charge in [-0.25, -0.2) is 14.2 Å². The lowest BCUT2D eigenvalue weighted by Crippen LogP contribution is -2.40. The molecule has 1 aliphatic heterocycles. The summed E-state index contributed by atoms with van der Waals surface area (Å²) in [4.78, 5) is 19.9. The molecule has 7 heteroatoms. The number of carbonyl (C=O) groups is 1. The van der Waals surface area contributed by atoms with Gasteiger partial charge in [0.1, 0.15) is 17.3 Å². The zero-order valence-electron chi connectivity index (χ0n) is 24.2. The van der Waals surface area contributed by atoms with Gasteiger partial charge < -0.3 is 14.7 Å². The van der Waals surface area contributed by atoms with Crippen LogP contribution in [0.4, 0.5) is 10.2 Å². The monoisotopic (exact) mass is 543 g/mol. The molecule has 1 atom stereocenters. The minimum absolute atomic E-state index is 0.227. The van der Waals surface area contributed by atoms with Crippen LogP contribution in [0.2, 0.25) is 0 Å². The third-order valence-electron chi connectivity index (χ3n) is 7.66. The lowest BCUT2D eigenvalue weighted by molar-refractivity contribution is -0.160. The lowest BCUT2D eigenvalue weighted by atomic mass is 9.82. The minimum atomic E-state index is -1.13. The number of hydrogen-bond acceptors (Lipinski definition) is 4. The zero-order valence-corrected chi connectivity index (χ0v) is 24.2. The predicted octanol–water partition coefficient (Wildman–Crippen LogP) is 7.68. The highest BCUT2D eigenvalue weighted by Crippen LogP contribution is 2.40. The number of ether oxygens (including phenoxy) is 1. The van der Waals surface area contributed by atoms with Crippen molar-refractivity contribution in [2.75, 3.05) is 18.0 Å². The molecule has 2 aromatic carbocycles. The Morgan fingerprint density at radius 2 is 1.65 bits per heavy atom. The third kappa shape index (κ3) is 5.75. The SMILES string of the molecule is Cc1cc2nc(-c3cccc(-c4cccc(F)c4)c3)cn2c(N2CCC(C)(C)CC2)c1[C@H](OC(C)(C)C)C(=O)O.